The minimum Gasteiger partial charge on any atom is -0.480 e. The number of rotatable bonds is 11. The zero-order valence-corrected chi connectivity index (χ0v) is 15.0. The van der Waals surface area contributed by atoms with Crippen molar-refractivity contribution in [3.63, 3.8) is 0 Å². The van der Waals surface area contributed by atoms with Crippen LogP contribution in [0.15, 0.2) is 0 Å². The molecule has 0 amide bonds. The van der Waals surface area contributed by atoms with Gasteiger partial charge in [0.15, 0.2) is 0 Å². The highest BCUT2D eigenvalue weighted by atomic mass is 32.2. The van der Waals surface area contributed by atoms with Crippen molar-refractivity contribution in [2.75, 3.05) is 25.2 Å². The van der Waals surface area contributed by atoms with Crippen molar-refractivity contribution in [1.82, 2.24) is 4.90 Å². The summed E-state index contributed by atoms with van der Waals surface area (Å²) in [5, 5.41) is 56.7. The molecule has 8 nitrogen and oxygen atoms in total. The number of hydrogen-bond donors (Lipinski definition) is 7. The molecule has 0 aliphatic heterocycles. The van der Waals surface area contributed by atoms with E-state index in [1.54, 1.807) is 0 Å². The summed E-state index contributed by atoms with van der Waals surface area (Å²) in [7, 11) is 0. The lowest BCUT2D eigenvalue weighted by Gasteiger charge is -2.34. The van der Waals surface area contributed by atoms with E-state index in [4.69, 9.17) is 17.3 Å². The van der Waals surface area contributed by atoms with Crippen LogP contribution in [0.4, 0.5) is 0 Å². The Morgan fingerprint density at radius 2 is 1.74 bits per heavy atom. The quantitative estimate of drug-likeness (QED) is 0.159. The predicted octanol–water partition coefficient (Wildman–Crippen LogP) is -1.85. The normalized spacial score (nSPS) is 17.9. The Balaban J connectivity index is 5.03. The van der Waals surface area contributed by atoms with Crippen molar-refractivity contribution in [2.24, 2.45) is 0 Å². The fourth-order valence-corrected chi connectivity index (χ4v) is 2.74. The second kappa shape index (κ2) is 11.4. The van der Waals surface area contributed by atoms with Crippen molar-refractivity contribution in [1.29, 1.82) is 0 Å². The number of carbonyl (C=O) groups is 1. The summed E-state index contributed by atoms with van der Waals surface area (Å²) in [6.45, 7) is -1.20. The first-order chi connectivity index (χ1) is 10.7. The van der Waals surface area contributed by atoms with Crippen molar-refractivity contribution in [3.05, 3.63) is 0 Å². The average molecular weight is 390 g/mol. The van der Waals surface area contributed by atoms with Crippen LogP contribution in [-0.2, 0) is 4.79 Å². The van der Waals surface area contributed by atoms with Crippen LogP contribution < -0.4 is 0 Å². The highest BCUT2D eigenvalue weighted by Gasteiger charge is 2.34. The molecule has 0 aliphatic rings. The molecule has 0 aromatic carbocycles. The van der Waals surface area contributed by atoms with Crippen LogP contribution in [-0.4, -0.2) is 101 Å². The fraction of sp³-hybridized carbons (Fsp3) is 0.833. The topological polar surface area (TPSA) is 142 Å². The maximum Gasteiger partial charge on any atom is 0.326 e. The number of aliphatic hydroxyl groups excluding tert-OH is 5. The molecule has 0 rings (SSSR count). The lowest BCUT2D eigenvalue weighted by molar-refractivity contribution is -0.143. The molecule has 0 fully saturated rings. The van der Waals surface area contributed by atoms with E-state index in [1.807, 2.05) is 6.26 Å². The third-order valence-electron chi connectivity index (χ3n) is 3.21. The molecule has 0 saturated carbocycles. The van der Waals surface area contributed by atoms with Crippen LogP contribution in [0, 0.1) is 0 Å². The molecule has 0 radical (unpaired) electrons. The van der Waals surface area contributed by atoms with Crippen LogP contribution in [0.3, 0.4) is 0 Å². The van der Waals surface area contributed by atoms with Gasteiger partial charge in [0, 0.05) is 6.54 Å². The first-order valence-corrected chi connectivity index (χ1v) is 8.96. The second-order valence-electron chi connectivity index (χ2n) is 4.87. The number of aliphatic hydroxyl groups is 5. The van der Waals surface area contributed by atoms with Crippen LogP contribution in [0.2, 0.25) is 0 Å². The Labute approximate surface area is 149 Å². The molecule has 23 heavy (non-hydrogen) atoms. The zero-order valence-electron chi connectivity index (χ0n) is 12.5. The zero-order chi connectivity index (χ0) is 18.2. The Morgan fingerprint density at radius 1 is 1.22 bits per heavy atom. The van der Waals surface area contributed by atoms with Gasteiger partial charge in [-0.3, -0.25) is 0 Å². The van der Waals surface area contributed by atoms with Gasteiger partial charge in [0.25, 0.3) is 0 Å². The number of nitrogens with zero attached hydrogens (tertiary/aromatic N) is 1. The molecule has 5 atom stereocenters. The number of hydrogen-bond acceptors (Lipinski definition) is 8. The molecule has 4 unspecified atom stereocenters. The van der Waals surface area contributed by atoms with Crippen molar-refractivity contribution in [2.45, 2.75) is 36.9 Å². The SMILES string of the molecule is CSCC[C@@H](C(=O)O)N(CC(O)C(O)C(O)C(O)CO)C(=S)S. The minimum absolute atomic E-state index is 0.0815. The van der Waals surface area contributed by atoms with Crippen molar-refractivity contribution >= 4 is 46.9 Å². The molecule has 0 aromatic heterocycles. The summed E-state index contributed by atoms with van der Waals surface area (Å²) < 4.78 is -0.0815. The molecule has 0 aliphatic carbocycles. The third-order valence-corrected chi connectivity index (χ3v) is 4.35. The van der Waals surface area contributed by atoms with Crippen LogP contribution >= 0.6 is 36.6 Å². The summed E-state index contributed by atoms with van der Waals surface area (Å²) in [6, 6.07) is -1.05. The standard InChI is InChI=1S/C12H23NO7S3/c1-23-3-2-6(11(19)20)13(12(21)22)4-7(15)9(17)10(18)8(16)5-14/h6-10,14-18H,2-5H2,1H3,(H,19,20)(H,21,22)/t6-,7?,8?,9?,10?/m0/s1. The van der Waals surface area contributed by atoms with Gasteiger partial charge in [0.05, 0.1) is 6.61 Å². The lowest BCUT2D eigenvalue weighted by Crippen LogP contribution is -2.53. The number of aliphatic carboxylic acids is 1. The number of thiocarbonyl (C=S) groups is 1. The smallest absolute Gasteiger partial charge is 0.326 e. The summed E-state index contributed by atoms with van der Waals surface area (Å²) in [5.74, 6) is -0.623. The number of thiol groups is 1. The Morgan fingerprint density at radius 3 is 2.13 bits per heavy atom. The van der Waals surface area contributed by atoms with E-state index in [-0.39, 0.29) is 10.7 Å². The molecular weight excluding hydrogens is 366 g/mol. The molecule has 0 spiro atoms. The summed E-state index contributed by atoms with van der Waals surface area (Å²) in [6.07, 6.45) is -4.78. The number of thioether (sulfide) groups is 1. The van der Waals surface area contributed by atoms with Crippen molar-refractivity contribution < 1.29 is 35.4 Å². The first-order valence-electron chi connectivity index (χ1n) is 6.71. The molecule has 136 valence electrons. The van der Waals surface area contributed by atoms with Crippen LogP contribution in [0.5, 0.6) is 0 Å². The van der Waals surface area contributed by atoms with Gasteiger partial charge in [-0.25, -0.2) is 4.79 Å². The Kier molecular flexibility index (Phi) is 11.4. The monoisotopic (exact) mass is 389 g/mol. The molecule has 0 heterocycles. The van der Waals surface area contributed by atoms with Gasteiger partial charge in [-0.2, -0.15) is 11.8 Å². The lowest BCUT2D eigenvalue weighted by atomic mass is 10.0. The molecule has 11 heteroatoms. The maximum atomic E-state index is 11.4. The van der Waals surface area contributed by atoms with Crippen LogP contribution in [0.25, 0.3) is 0 Å². The summed E-state index contributed by atoms with van der Waals surface area (Å²) in [4.78, 5) is 12.5. The van der Waals surface area contributed by atoms with Gasteiger partial charge < -0.3 is 35.5 Å². The highest BCUT2D eigenvalue weighted by Crippen LogP contribution is 2.15. The van der Waals surface area contributed by atoms with E-state index in [0.717, 1.165) is 4.90 Å². The molecule has 0 bridgehead atoms. The molecule has 6 N–H and O–H groups in total. The van der Waals surface area contributed by atoms with Gasteiger partial charge in [-0.05, 0) is 18.4 Å². The van der Waals surface area contributed by atoms with E-state index in [2.05, 4.69) is 12.6 Å². The second-order valence-corrected chi connectivity index (χ2v) is 6.97. The van der Waals surface area contributed by atoms with Gasteiger partial charge in [0.2, 0.25) is 0 Å². The fourth-order valence-electron chi connectivity index (χ4n) is 1.85. The first kappa shape index (κ1) is 22.9. The Bertz CT molecular complexity index is 388. The van der Waals surface area contributed by atoms with Crippen molar-refractivity contribution in [3.8, 4) is 0 Å². The van der Waals surface area contributed by atoms with Crippen LogP contribution in [0.1, 0.15) is 6.42 Å². The van der Waals surface area contributed by atoms with E-state index in [1.165, 1.54) is 11.8 Å². The van der Waals surface area contributed by atoms with E-state index >= 15 is 0 Å². The number of carboxylic acids is 1. The molecular formula is C12H23NO7S3. The van der Waals surface area contributed by atoms with E-state index < -0.39 is 49.6 Å². The maximum absolute atomic E-state index is 11.4. The van der Waals surface area contributed by atoms with Gasteiger partial charge in [-0.15, -0.1) is 12.6 Å². The van der Waals surface area contributed by atoms with E-state index in [0.29, 0.717) is 5.75 Å². The Hall–Kier alpha value is -0.140. The van der Waals surface area contributed by atoms with E-state index in [9.17, 15) is 30.3 Å². The minimum atomic E-state index is -1.79. The van der Waals surface area contributed by atoms with Gasteiger partial charge >= 0.3 is 5.97 Å². The summed E-state index contributed by atoms with van der Waals surface area (Å²) in [5.41, 5.74) is 0. The largest absolute Gasteiger partial charge is 0.480 e. The van der Waals surface area contributed by atoms with Gasteiger partial charge in [-0.1, -0.05) is 12.2 Å². The molecule has 0 saturated heterocycles. The number of carboxylic acid groups (broad SMARTS) is 1. The average Bonchev–Trinajstić information content (AvgIpc) is 2.50. The third kappa shape index (κ3) is 7.52. The van der Waals surface area contributed by atoms with Gasteiger partial charge in [0.1, 0.15) is 34.8 Å². The molecule has 0 aromatic rings. The predicted molar refractivity (Wildman–Crippen MR) is 93.8 cm³/mol. The highest BCUT2D eigenvalue weighted by molar-refractivity contribution is 8.10. The summed E-state index contributed by atoms with van der Waals surface area (Å²) >= 11 is 10.3.